The first-order valence-corrected chi connectivity index (χ1v) is 8.22. The van der Waals surface area contributed by atoms with Crippen LogP contribution in [-0.2, 0) is 10.0 Å². The quantitative estimate of drug-likeness (QED) is 0.874. The first-order chi connectivity index (χ1) is 10.1. The summed E-state index contributed by atoms with van der Waals surface area (Å²) in [5, 5.41) is 0. The molecule has 1 aliphatic rings. The highest BCUT2D eigenvalue weighted by atomic mass is 32.2. The van der Waals surface area contributed by atoms with E-state index in [1.165, 1.54) is 4.31 Å². The minimum atomic E-state index is -3.55. The smallest absolute Gasteiger partial charge is 0.265 e. The van der Waals surface area contributed by atoms with E-state index in [1.54, 1.807) is 12.1 Å². The largest absolute Gasteiger partial charge is 0.265 e. The zero-order chi connectivity index (χ0) is 14.9. The molecule has 0 bridgehead atoms. The SMILES string of the molecule is Cc1ccc(S(=O)(=O)N2CCN=C2c2ccccc2)cc1. The molecule has 0 aliphatic carbocycles. The van der Waals surface area contributed by atoms with Crippen molar-refractivity contribution in [3.8, 4) is 0 Å². The number of hydrogen-bond acceptors (Lipinski definition) is 3. The van der Waals surface area contributed by atoms with Gasteiger partial charge in [0.15, 0.2) is 0 Å². The second kappa shape index (κ2) is 5.33. The third-order valence-corrected chi connectivity index (χ3v) is 5.25. The third-order valence-electron chi connectivity index (χ3n) is 3.44. The molecule has 0 saturated carbocycles. The van der Waals surface area contributed by atoms with Crippen LogP contribution >= 0.6 is 0 Å². The molecular formula is C16H16N2O2S. The fourth-order valence-corrected chi connectivity index (χ4v) is 3.77. The Hall–Kier alpha value is -2.14. The number of benzene rings is 2. The highest BCUT2D eigenvalue weighted by Gasteiger charge is 2.31. The molecule has 4 nitrogen and oxygen atoms in total. The zero-order valence-electron chi connectivity index (χ0n) is 11.7. The molecule has 0 aromatic heterocycles. The number of nitrogens with zero attached hydrogens (tertiary/aromatic N) is 2. The lowest BCUT2D eigenvalue weighted by atomic mass is 10.2. The second-order valence-corrected chi connectivity index (χ2v) is 6.82. The predicted molar refractivity (Wildman–Crippen MR) is 82.9 cm³/mol. The van der Waals surface area contributed by atoms with Gasteiger partial charge >= 0.3 is 0 Å². The number of aryl methyl sites for hydroxylation is 1. The lowest BCUT2D eigenvalue weighted by molar-refractivity contribution is 0.538. The summed E-state index contributed by atoms with van der Waals surface area (Å²) in [6.45, 7) is 2.82. The Morgan fingerprint density at radius 2 is 1.67 bits per heavy atom. The van der Waals surface area contributed by atoms with E-state index in [-0.39, 0.29) is 0 Å². The van der Waals surface area contributed by atoms with Crippen molar-refractivity contribution in [1.29, 1.82) is 0 Å². The standard InChI is InChI=1S/C16H16N2O2S/c1-13-7-9-15(10-8-13)21(19,20)18-12-11-17-16(18)14-5-3-2-4-6-14/h2-10H,11-12H2,1H3. The van der Waals surface area contributed by atoms with Crippen molar-refractivity contribution in [2.24, 2.45) is 4.99 Å². The van der Waals surface area contributed by atoms with Gasteiger partial charge in [0.1, 0.15) is 5.84 Å². The van der Waals surface area contributed by atoms with E-state index in [2.05, 4.69) is 4.99 Å². The van der Waals surface area contributed by atoms with Crippen LogP contribution in [0.2, 0.25) is 0 Å². The molecule has 3 rings (SSSR count). The summed E-state index contributed by atoms with van der Waals surface area (Å²) in [4.78, 5) is 4.66. The molecule has 0 fully saturated rings. The van der Waals surface area contributed by atoms with Gasteiger partial charge in [-0.1, -0.05) is 48.0 Å². The summed E-state index contributed by atoms with van der Waals surface area (Å²) < 4.78 is 26.9. The summed E-state index contributed by atoms with van der Waals surface area (Å²) in [7, 11) is -3.55. The van der Waals surface area contributed by atoms with Crippen LogP contribution in [-0.4, -0.2) is 31.6 Å². The molecule has 0 amide bonds. The highest BCUT2D eigenvalue weighted by molar-refractivity contribution is 7.89. The van der Waals surface area contributed by atoms with Gasteiger partial charge in [-0.15, -0.1) is 0 Å². The van der Waals surface area contributed by atoms with Gasteiger partial charge in [-0.3, -0.25) is 4.99 Å². The monoisotopic (exact) mass is 300 g/mol. The van der Waals surface area contributed by atoms with Crippen LogP contribution in [0.25, 0.3) is 0 Å². The second-order valence-electron chi connectivity index (χ2n) is 4.96. The third kappa shape index (κ3) is 2.56. The zero-order valence-corrected chi connectivity index (χ0v) is 12.5. The van der Waals surface area contributed by atoms with Crippen molar-refractivity contribution in [3.63, 3.8) is 0 Å². The van der Waals surface area contributed by atoms with Crippen LogP contribution in [0.1, 0.15) is 11.1 Å². The molecule has 0 N–H and O–H groups in total. The molecule has 0 saturated heterocycles. The Labute approximate surface area is 124 Å². The van der Waals surface area contributed by atoms with E-state index in [0.29, 0.717) is 23.8 Å². The van der Waals surface area contributed by atoms with Crippen LogP contribution in [0.15, 0.2) is 64.5 Å². The van der Waals surface area contributed by atoms with E-state index in [0.717, 1.165) is 11.1 Å². The van der Waals surface area contributed by atoms with Crippen LogP contribution < -0.4 is 0 Å². The molecule has 108 valence electrons. The molecule has 0 spiro atoms. The van der Waals surface area contributed by atoms with E-state index in [1.807, 2.05) is 49.4 Å². The van der Waals surface area contributed by atoms with Gasteiger partial charge in [0.05, 0.1) is 18.0 Å². The van der Waals surface area contributed by atoms with Gasteiger partial charge in [-0.2, -0.15) is 0 Å². The van der Waals surface area contributed by atoms with Crippen molar-refractivity contribution in [3.05, 3.63) is 65.7 Å². The first kappa shape index (κ1) is 13.8. The lowest BCUT2D eigenvalue weighted by Crippen LogP contribution is -2.34. The maximum atomic E-state index is 12.8. The Kier molecular flexibility index (Phi) is 3.51. The Morgan fingerprint density at radius 3 is 2.33 bits per heavy atom. The molecule has 1 heterocycles. The average Bonchev–Trinajstić information content (AvgIpc) is 2.99. The van der Waals surface area contributed by atoms with Crippen molar-refractivity contribution in [1.82, 2.24) is 4.31 Å². The highest BCUT2D eigenvalue weighted by Crippen LogP contribution is 2.22. The summed E-state index contributed by atoms with van der Waals surface area (Å²) in [5.41, 5.74) is 1.86. The Balaban J connectivity index is 1.99. The predicted octanol–water partition coefficient (Wildman–Crippen LogP) is 2.45. The number of sulfonamides is 1. The van der Waals surface area contributed by atoms with Crippen LogP contribution in [0.3, 0.4) is 0 Å². The topological polar surface area (TPSA) is 49.7 Å². The van der Waals surface area contributed by atoms with Gasteiger partial charge in [-0.25, -0.2) is 12.7 Å². The number of amidine groups is 1. The van der Waals surface area contributed by atoms with E-state index >= 15 is 0 Å². The van der Waals surface area contributed by atoms with Gasteiger partial charge in [0, 0.05) is 5.56 Å². The molecule has 0 radical (unpaired) electrons. The fourth-order valence-electron chi connectivity index (χ4n) is 2.33. The molecule has 0 unspecified atom stereocenters. The van der Waals surface area contributed by atoms with Crippen LogP contribution in [0.4, 0.5) is 0 Å². The average molecular weight is 300 g/mol. The Bertz CT molecular complexity index is 766. The number of aliphatic imine (C=N–C) groups is 1. The van der Waals surface area contributed by atoms with Gasteiger partial charge in [0.25, 0.3) is 10.0 Å². The lowest BCUT2D eigenvalue weighted by Gasteiger charge is -2.20. The molecular weight excluding hydrogens is 284 g/mol. The minimum absolute atomic E-state index is 0.304. The van der Waals surface area contributed by atoms with Crippen molar-refractivity contribution in [2.45, 2.75) is 11.8 Å². The van der Waals surface area contributed by atoms with E-state index < -0.39 is 10.0 Å². The summed E-state index contributed by atoms with van der Waals surface area (Å²) in [5.74, 6) is 0.524. The van der Waals surface area contributed by atoms with Crippen molar-refractivity contribution < 1.29 is 8.42 Å². The summed E-state index contributed by atoms with van der Waals surface area (Å²) in [6.07, 6.45) is 0. The minimum Gasteiger partial charge on any atom is -0.265 e. The number of rotatable bonds is 3. The van der Waals surface area contributed by atoms with Crippen molar-refractivity contribution in [2.75, 3.05) is 13.1 Å². The molecule has 2 aromatic rings. The van der Waals surface area contributed by atoms with Gasteiger partial charge < -0.3 is 0 Å². The maximum absolute atomic E-state index is 12.8. The summed E-state index contributed by atoms with van der Waals surface area (Å²) >= 11 is 0. The Morgan fingerprint density at radius 1 is 1.00 bits per heavy atom. The van der Waals surface area contributed by atoms with Gasteiger partial charge in [-0.05, 0) is 19.1 Å². The number of hydrogen-bond donors (Lipinski definition) is 0. The molecule has 5 heteroatoms. The fraction of sp³-hybridized carbons (Fsp3) is 0.188. The van der Waals surface area contributed by atoms with Crippen molar-refractivity contribution >= 4 is 15.9 Å². The maximum Gasteiger partial charge on any atom is 0.265 e. The van der Waals surface area contributed by atoms with Crippen LogP contribution in [0, 0.1) is 6.92 Å². The summed E-state index contributed by atoms with van der Waals surface area (Å²) in [6, 6.07) is 16.3. The molecule has 1 aliphatic heterocycles. The van der Waals surface area contributed by atoms with Crippen LogP contribution in [0.5, 0.6) is 0 Å². The van der Waals surface area contributed by atoms with E-state index in [9.17, 15) is 8.42 Å². The normalized spacial score (nSPS) is 15.1. The van der Waals surface area contributed by atoms with Gasteiger partial charge in [0.2, 0.25) is 0 Å². The van der Waals surface area contributed by atoms with E-state index in [4.69, 9.17) is 0 Å². The molecule has 2 aromatic carbocycles. The first-order valence-electron chi connectivity index (χ1n) is 6.78. The molecule has 21 heavy (non-hydrogen) atoms. The molecule has 0 atom stereocenters.